The molecule has 0 atom stereocenters. The maximum Gasteiger partial charge on any atom is 0.420 e. The first-order valence-electron chi connectivity index (χ1n) is 8.21. The Bertz CT molecular complexity index is 1030. The summed E-state index contributed by atoms with van der Waals surface area (Å²) in [5, 5.41) is 2.32. The number of pyridine rings is 1. The van der Waals surface area contributed by atoms with Crippen molar-refractivity contribution in [3.8, 4) is 11.5 Å². The second-order valence-electron chi connectivity index (χ2n) is 6.05. The smallest absolute Gasteiger partial charge is 0.420 e. The van der Waals surface area contributed by atoms with Crippen LogP contribution in [0, 0.1) is 18.6 Å². The number of carbonyl (C=O) groups excluding carboxylic acids is 1. The number of anilines is 1. The van der Waals surface area contributed by atoms with E-state index in [1.54, 1.807) is 0 Å². The van der Waals surface area contributed by atoms with Gasteiger partial charge in [0, 0.05) is 11.9 Å². The van der Waals surface area contributed by atoms with Gasteiger partial charge < -0.3 is 10.1 Å². The quantitative estimate of drug-likeness (QED) is 0.561. The molecule has 150 valence electrons. The molecule has 1 aromatic heterocycles. The number of aryl methyl sites for hydroxylation is 1. The van der Waals surface area contributed by atoms with Gasteiger partial charge in [0.2, 0.25) is 0 Å². The number of carbonyl (C=O) groups is 1. The number of nitrogens with one attached hydrogen (secondary N) is 1. The molecule has 0 spiro atoms. The maximum absolute atomic E-state index is 13.9. The number of benzene rings is 2. The second kappa shape index (κ2) is 7.86. The number of hydrogen-bond acceptors (Lipinski definition) is 3. The fourth-order valence-corrected chi connectivity index (χ4v) is 2.54. The summed E-state index contributed by atoms with van der Waals surface area (Å²) < 4.78 is 72.0. The molecule has 29 heavy (non-hydrogen) atoms. The van der Waals surface area contributed by atoms with Crippen molar-refractivity contribution in [1.82, 2.24) is 4.98 Å². The predicted octanol–water partition coefficient (Wildman–Crippen LogP) is 5.73. The van der Waals surface area contributed by atoms with Gasteiger partial charge in [-0.1, -0.05) is 0 Å². The molecule has 0 saturated carbocycles. The number of aromatic nitrogens is 1. The third-order valence-electron chi connectivity index (χ3n) is 3.84. The fraction of sp³-hybridized carbons (Fsp3) is 0.100. The van der Waals surface area contributed by atoms with Gasteiger partial charge in [0.05, 0.1) is 6.20 Å². The van der Waals surface area contributed by atoms with E-state index in [4.69, 9.17) is 4.74 Å². The van der Waals surface area contributed by atoms with Crippen LogP contribution in [-0.2, 0) is 6.18 Å². The Morgan fingerprint density at radius 3 is 2.24 bits per heavy atom. The first-order chi connectivity index (χ1) is 13.6. The van der Waals surface area contributed by atoms with Crippen LogP contribution in [0.1, 0.15) is 21.5 Å². The van der Waals surface area contributed by atoms with Crippen molar-refractivity contribution in [3.63, 3.8) is 0 Å². The summed E-state index contributed by atoms with van der Waals surface area (Å²) in [6.07, 6.45) is -2.69. The van der Waals surface area contributed by atoms with Crippen LogP contribution in [0.2, 0.25) is 0 Å². The lowest BCUT2D eigenvalue weighted by atomic mass is 10.1. The molecule has 0 saturated heterocycles. The summed E-state index contributed by atoms with van der Waals surface area (Å²) in [6, 6.07) is 8.08. The molecule has 9 heteroatoms. The standard InChI is InChI=1S/C20H13F5N2O2/c1-11-8-15(21)18(16(22)9-11)19(28)27-12-2-4-13(5-3-12)29-17-10-26-7-6-14(17)20(23,24)25/h2-10H,1H3,(H,27,28). The summed E-state index contributed by atoms with van der Waals surface area (Å²) in [5.74, 6) is -3.44. The van der Waals surface area contributed by atoms with E-state index in [1.165, 1.54) is 31.2 Å². The van der Waals surface area contributed by atoms with E-state index in [2.05, 4.69) is 10.3 Å². The van der Waals surface area contributed by atoms with E-state index in [-0.39, 0.29) is 11.4 Å². The first kappa shape index (κ1) is 20.2. The third-order valence-corrected chi connectivity index (χ3v) is 3.84. The first-order valence-corrected chi connectivity index (χ1v) is 8.21. The minimum atomic E-state index is -4.62. The topological polar surface area (TPSA) is 51.2 Å². The molecule has 0 aliphatic heterocycles. The van der Waals surface area contributed by atoms with Gasteiger partial charge in [-0.3, -0.25) is 9.78 Å². The Morgan fingerprint density at radius 2 is 1.66 bits per heavy atom. The van der Waals surface area contributed by atoms with Crippen molar-refractivity contribution in [3.05, 3.63) is 83.2 Å². The van der Waals surface area contributed by atoms with Gasteiger partial charge in [0.15, 0.2) is 5.75 Å². The molecule has 0 aliphatic carbocycles. The van der Waals surface area contributed by atoms with Gasteiger partial charge in [-0.25, -0.2) is 8.78 Å². The molecule has 0 unspecified atom stereocenters. The normalized spacial score (nSPS) is 11.2. The highest BCUT2D eigenvalue weighted by Crippen LogP contribution is 2.37. The molecule has 0 fully saturated rings. The molecule has 4 nitrogen and oxygen atoms in total. The second-order valence-corrected chi connectivity index (χ2v) is 6.05. The largest absolute Gasteiger partial charge is 0.455 e. The molecule has 0 bridgehead atoms. The van der Waals surface area contributed by atoms with Gasteiger partial charge in [0.25, 0.3) is 5.91 Å². The minimum absolute atomic E-state index is 0.0502. The zero-order valence-corrected chi connectivity index (χ0v) is 14.8. The van der Waals surface area contributed by atoms with Gasteiger partial charge in [0.1, 0.15) is 28.5 Å². The molecule has 1 N–H and O–H groups in total. The summed E-state index contributed by atoms with van der Waals surface area (Å²) in [5.41, 5.74) is -1.23. The van der Waals surface area contributed by atoms with Crippen LogP contribution in [-0.4, -0.2) is 10.9 Å². The number of rotatable bonds is 4. The Labute approximate surface area is 162 Å². The zero-order chi connectivity index (χ0) is 21.2. The summed E-state index contributed by atoms with van der Waals surface area (Å²) >= 11 is 0. The molecule has 3 aromatic rings. The number of nitrogens with zero attached hydrogens (tertiary/aromatic N) is 1. The summed E-state index contributed by atoms with van der Waals surface area (Å²) in [7, 11) is 0. The molecule has 3 rings (SSSR count). The van der Waals surface area contributed by atoms with Gasteiger partial charge >= 0.3 is 6.18 Å². The van der Waals surface area contributed by atoms with Crippen molar-refractivity contribution in [1.29, 1.82) is 0 Å². The van der Waals surface area contributed by atoms with Crippen LogP contribution in [0.15, 0.2) is 54.9 Å². The predicted molar refractivity (Wildman–Crippen MR) is 94.8 cm³/mol. The average Bonchev–Trinajstić information content (AvgIpc) is 2.62. The summed E-state index contributed by atoms with van der Waals surface area (Å²) in [4.78, 5) is 15.8. The lowest BCUT2D eigenvalue weighted by Crippen LogP contribution is -2.16. The molecule has 1 amide bonds. The molecule has 0 aliphatic rings. The Hall–Kier alpha value is -3.49. The Kier molecular flexibility index (Phi) is 5.49. The van der Waals surface area contributed by atoms with Crippen LogP contribution < -0.4 is 10.1 Å². The molecule has 1 heterocycles. The summed E-state index contributed by atoms with van der Waals surface area (Å²) in [6.45, 7) is 1.49. The lowest BCUT2D eigenvalue weighted by Gasteiger charge is -2.13. The Morgan fingerprint density at radius 1 is 1.03 bits per heavy atom. The van der Waals surface area contributed by atoms with Crippen LogP contribution in [0.4, 0.5) is 27.6 Å². The average molecular weight is 408 g/mol. The van der Waals surface area contributed by atoms with E-state index in [0.717, 1.165) is 30.6 Å². The highest BCUT2D eigenvalue weighted by Gasteiger charge is 2.34. The van der Waals surface area contributed by atoms with Crippen molar-refractivity contribution in [2.24, 2.45) is 0 Å². The number of hydrogen-bond donors (Lipinski definition) is 1. The monoisotopic (exact) mass is 408 g/mol. The Balaban J connectivity index is 1.76. The maximum atomic E-state index is 13.9. The number of alkyl halides is 3. The van der Waals surface area contributed by atoms with Gasteiger partial charge in [-0.05, 0) is 55.0 Å². The third kappa shape index (κ3) is 4.68. The molecule has 0 radical (unpaired) electrons. The van der Waals surface area contributed by atoms with Crippen LogP contribution in [0.3, 0.4) is 0 Å². The van der Waals surface area contributed by atoms with Crippen molar-refractivity contribution >= 4 is 11.6 Å². The number of ether oxygens (including phenoxy) is 1. The van der Waals surface area contributed by atoms with E-state index >= 15 is 0 Å². The van der Waals surface area contributed by atoms with Crippen molar-refractivity contribution in [2.75, 3.05) is 5.32 Å². The molecular weight excluding hydrogens is 395 g/mol. The molecule has 2 aromatic carbocycles. The zero-order valence-electron chi connectivity index (χ0n) is 14.8. The van der Waals surface area contributed by atoms with Gasteiger partial charge in [-0.15, -0.1) is 0 Å². The number of halogens is 5. The number of amides is 1. The fourth-order valence-electron chi connectivity index (χ4n) is 2.54. The van der Waals surface area contributed by atoms with Crippen LogP contribution >= 0.6 is 0 Å². The van der Waals surface area contributed by atoms with E-state index in [1.807, 2.05) is 0 Å². The van der Waals surface area contributed by atoms with Crippen LogP contribution in [0.5, 0.6) is 11.5 Å². The van der Waals surface area contributed by atoms with Crippen molar-refractivity contribution in [2.45, 2.75) is 13.1 Å². The highest BCUT2D eigenvalue weighted by atomic mass is 19.4. The SMILES string of the molecule is Cc1cc(F)c(C(=O)Nc2ccc(Oc3cnccc3C(F)(F)F)cc2)c(F)c1. The molecular formula is C20H13F5N2O2. The van der Waals surface area contributed by atoms with E-state index in [0.29, 0.717) is 5.56 Å². The minimum Gasteiger partial charge on any atom is -0.455 e. The van der Waals surface area contributed by atoms with Crippen LogP contribution in [0.25, 0.3) is 0 Å². The highest BCUT2D eigenvalue weighted by molar-refractivity contribution is 6.04. The van der Waals surface area contributed by atoms with E-state index in [9.17, 15) is 26.7 Å². The van der Waals surface area contributed by atoms with E-state index < -0.39 is 40.6 Å². The lowest BCUT2D eigenvalue weighted by molar-refractivity contribution is -0.138. The van der Waals surface area contributed by atoms with Gasteiger partial charge in [-0.2, -0.15) is 13.2 Å². The van der Waals surface area contributed by atoms with Crippen molar-refractivity contribution < 1.29 is 31.5 Å².